The van der Waals surface area contributed by atoms with Crippen molar-refractivity contribution in [2.24, 2.45) is 4.99 Å². The number of hydrogen-bond acceptors (Lipinski definition) is 4. The minimum absolute atomic E-state index is 0. The van der Waals surface area contributed by atoms with Gasteiger partial charge in [-0.1, -0.05) is 159 Å². The molecule has 0 spiro atoms. The van der Waals surface area contributed by atoms with Gasteiger partial charge in [0.15, 0.2) is 0 Å². The van der Waals surface area contributed by atoms with Crippen LogP contribution in [0.15, 0.2) is 96.1 Å². The number of aryl methyl sites for hydroxylation is 6. The first-order valence-electron chi connectivity index (χ1n) is 25.9. The Morgan fingerprint density at radius 1 is 0.681 bits per heavy atom. The maximum Gasteiger partial charge on any atom is 2.00 e. The Bertz CT molecular complexity index is 3570. The molecule has 0 unspecified atom stereocenters. The second-order valence-corrected chi connectivity index (χ2v) is 24.1. The summed E-state index contributed by atoms with van der Waals surface area (Å²) in [5.74, 6) is 3.74. The van der Waals surface area contributed by atoms with Gasteiger partial charge in [-0.3, -0.25) is 0 Å². The first kappa shape index (κ1) is 49.8. The molecule has 0 amide bonds. The van der Waals surface area contributed by atoms with Crippen molar-refractivity contribution in [1.82, 2.24) is 9.55 Å². The van der Waals surface area contributed by atoms with Crippen LogP contribution in [-0.2, 0) is 43.9 Å². The monoisotopic (exact) mass is 1130 g/mol. The van der Waals surface area contributed by atoms with E-state index in [4.69, 9.17) is 14.7 Å². The van der Waals surface area contributed by atoms with Crippen LogP contribution in [0.4, 0.5) is 5.69 Å². The molecule has 11 rings (SSSR count). The summed E-state index contributed by atoms with van der Waals surface area (Å²) in [6.07, 6.45) is 2.78. The van der Waals surface area contributed by atoms with Crippen LogP contribution in [-0.4, -0.2) is 20.9 Å². The molecule has 1 aliphatic carbocycles. The van der Waals surface area contributed by atoms with E-state index in [2.05, 4.69) is 224 Å². The SMILES string of the molecule is Cc1cc(C)c(-c2cc(Oc3[c-]c4c(cc3C)c3cc(C(C)(C)C)cc5c3n4-c3ncccc3C5(C)C)[c-]c(C3=N[C@]4(C)c5cc(C)c(C)cc5C[C@]4(C)N3c3c(C(C)C)cccc3C(C)C)c2)c(C)c1.[Pt+2]. The first-order valence-corrected chi connectivity index (χ1v) is 25.9. The molecule has 2 aromatic heterocycles. The van der Waals surface area contributed by atoms with Crippen molar-refractivity contribution in [2.45, 2.75) is 158 Å². The average molecular weight is 1130 g/mol. The van der Waals surface area contributed by atoms with Crippen molar-refractivity contribution in [3.63, 3.8) is 0 Å². The average Bonchev–Trinajstić information content (AvgIpc) is 3.81. The molecular formula is C66H70N4OPt. The predicted molar refractivity (Wildman–Crippen MR) is 297 cm³/mol. The summed E-state index contributed by atoms with van der Waals surface area (Å²) in [5.41, 5.74) is 21.8. The number of anilines is 1. The van der Waals surface area contributed by atoms with Gasteiger partial charge in [0.1, 0.15) is 5.82 Å². The van der Waals surface area contributed by atoms with Crippen LogP contribution in [0.25, 0.3) is 38.8 Å². The topological polar surface area (TPSA) is 42.6 Å². The molecule has 0 bridgehead atoms. The number of aliphatic imine (C=N–C) groups is 1. The number of fused-ring (bicyclic) bond motifs is 8. The second-order valence-electron chi connectivity index (χ2n) is 24.1. The molecule has 370 valence electrons. The van der Waals surface area contributed by atoms with Gasteiger partial charge in [0.05, 0.1) is 16.9 Å². The number of benzene rings is 6. The molecule has 0 radical (unpaired) electrons. The number of nitrogens with zero attached hydrogens (tertiary/aromatic N) is 4. The van der Waals surface area contributed by atoms with Crippen LogP contribution in [0, 0.1) is 53.7 Å². The normalized spacial score (nSPS) is 18.7. The quantitative estimate of drug-likeness (QED) is 0.149. The molecular weight excluding hydrogens is 1060 g/mol. The number of rotatable bonds is 7. The largest absolute Gasteiger partial charge is 2.00 e. The van der Waals surface area contributed by atoms with Crippen LogP contribution in [0.2, 0.25) is 0 Å². The molecule has 6 heteroatoms. The van der Waals surface area contributed by atoms with E-state index in [0.29, 0.717) is 11.5 Å². The van der Waals surface area contributed by atoms with Gasteiger partial charge in [-0.25, -0.2) is 4.98 Å². The predicted octanol–water partition coefficient (Wildman–Crippen LogP) is 16.8. The van der Waals surface area contributed by atoms with Gasteiger partial charge in [-0.15, -0.1) is 28.6 Å². The fraction of sp³-hybridized carbons (Fsp3) is 0.364. The van der Waals surface area contributed by atoms with Crippen molar-refractivity contribution in [3.05, 3.63) is 181 Å². The number of para-hydroxylation sites is 1. The molecule has 0 N–H and O–H groups in total. The van der Waals surface area contributed by atoms with Crippen molar-refractivity contribution < 1.29 is 25.8 Å². The van der Waals surface area contributed by atoms with Gasteiger partial charge in [0, 0.05) is 39.9 Å². The van der Waals surface area contributed by atoms with Crippen LogP contribution in [0.3, 0.4) is 0 Å². The Labute approximate surface area is 443 Å². The summed E-state index contributed by atoms with van der Waals surface area (Å²) in [7, 11) is 0. The number of ether oxygens (including phenoxy) is 1. The third-order valence-corrected chi connectivity index (χ3v) is 17.0. The summed E-state index contributed by atoms with van der Waals surface area (Å²) in [6, 6.07) is 40.1. The van der Waals surface area contributed by atoms with Crippen LogP contribution < -0.4 is 9.64 Å². The van der Waals surface area contributed by atoms with Gasteiger partial charge in [0.2, 0.25) is 0 Å². The molecule has 3 aliphatic rings. The molecule has 0 saturated carbocycles. The third kappa shape index (κ3) is 7.25. The minimum atomic E-state index is -0.548. The molecule has 4 heterocycles. The molecule has 2 atom stereocenters. The Hall–Kier alpha value is -5.77. The summed E-state index contributed by atoms with van der Waals surface area (Å²) in [5, 5.41) is 2.37. The second kappa shape index (κ2) is 16.9. The Kier molecular flexibility index (Phi) is 11.7. The standard InChI is InChI=1S/C66H70N4O.Pt/c1-36(2)49-20-18-21-50(37(3)4)59(49)70-61(68-66(17)54-28-40(7)39(6)26-46(54)35-65(66,70)16)45-29-44(58-42(9)24-38(5)25-43(58)10)30-48(31-45)71-57-34-56-51(27-41(57)8)52-32-47(63(11,12)13)33-55-60(52)69(56)62-53(64(55,14)15)22-19-23-67-62;/h18-30,32-33,36-37H,35H2,1-17H3;/q-2;+2/t65-,66+;/m0./s1. The Morgan fingerprint density at radius 3 is 2.00 bits per heavy atom. The Balaban J connectivity index is 0.00000596. The van der Waals surface area contributed by atoms with E-state index < -0.39 is 11.1 Å². The number of amidine groups is 1. The summed E-state index contributed by atoms with van der Waals surface area (Å²) >= 11 is 0. The van der Waals surface area contributed by atoms with Gasteiger partial charge in [0.25, 0.3) is 0 Å². The molecule has 72 heavy (non-hydrogen) atoms. The van der Waals surface area contributed by atoms with Crippen LogP contribution in [0.1, 0.15) is 166 Å². The van der Waals surface area contributed by atoms with Crippen molar-refractivity contribution in [2.75, 3.05) is 4.90 Å². The molecule has 6 aromatic carbocycles. The van der Waals surface area contributed by atoms with Gasteiger partial charge >= 0.3 is 21.1 Å². The first-order chi connectivity index (χ1) is 33.4. The zero-order chi connectivity index (χ0) is 50.6. The van der Waals surface area contributed by atoms with Crippen molar-refractivity contribution in [3.8, 4) is 28.4 Å². The maximum atomic E-state index is 7.31. The van der Waals surface area contributed by atoms with Crippen molar-refractivity contribution >= 4 is 33.3 Å². The van der Waals surface area contributed by atoms with E-state index in [-0.39, 0.29) is 43.7 Å². The summed E-state index contributed by atoms with van der Waals surface area (Å²) in [4.78, 5) is 13.8. The zero-order valence-corrected chi connectivity index (χ0v) is 47.8. The number of aromatic nitrogens is 2. The summed E-state index contributed by atoms with van der Waals surface area (Å²) in [6.45, 7) is 39.0. The van der Waals surface area contributed by atoms with E-state index in [9.17, 15) is 0 Å². The van der Waals surface area contributed by atoms with Crippen LogP contribution >= 0.6 is 0 Å². The smallest absolute Gasteiger partial charge is 0.503 e. The fourth-order valence-electron chi connectivity index (χ4n) is 12.8. The van der Waals surface area contributed by atoms with E-state index in [0.717, 1.165) is 45.7 Å². The molecule has 8 aromatic rings. The van der Waals surface area contributed by atoms with Crippen molar-refractivity contribution in [1.29, 1.82) is 0 Å². The molecule has 5 nitrogen and oxygen atoms in total. The number of hydrogen-bond donors (Lipinski definition) is 0. The van der Waals surface area contributed by atoms with Gasteiger partial charge in [-0.05, 0) is 145 Å². The molecule has 0 saturated heterocycles. The fourth-order valence-corrected chi connectivity index (χ4v) is 12.8. The third-order valence-electron chi connectivity index (χ3n) is 17.0. The summed E-state index contributed by atoms with van der Waals surface area (Å²) < 4.78 is 9.65. The Morgan fingerprint density at radius 2 is 1.35 bits per heavy atom. The molecule has 0 fully saturated rings. The van der Waals surface area contributed by atoms with Gasteiger partial charge in [-0.2, -0.15) is 6.07 Å². The minimum Gasteiger partial charge on any atom is -0.503 e. The van der Waals surface area contributed by atoms with E-state index in [1.807, 2.05) is 6.20 Å². The van der Waals surface area contributed by atoms with E-state index in [1.54, 1.807) is 0 Å². The van der Waals surface area contributed by atoms with E-state index in [1.165, 1.54) is 88.9 Å². The van der Waals surface area contributed by atoms with E-state index >= 15 is 0 Å². The number of pyridine rings is 1. The van der Waals surface area contributed by atoms with Crippen LogP contribution in [0.5, 0.6) is 11.5 Å². The van der Waals surface area contributed by atoms with Gasteiger partial charge < -0.3 is 19.2 Å². The zero-order valence-electron chi connectivity index (χ0n) is 45.5. The maximum absolute atomic E-state index is 7.31. The molecule has 2 aliphatic heterocycles.